The first-order valence-electron chi connectivity index (χ1n) is 8.63. The Balaban J connectivity index is 1.76. The van der Waals surface area contributed by atoms with E-state index in [4.69, 9.17) is 0 Å². The van der Waals surface area contributed by atoms with Crippen molar-refractivity contribution < 1.29 is 14.3 Å². The second kappa shape index (κ2) is 7.16. The lowest BCUT2D eigenvalue weighted by molar-refractivity contribution is 0.0695. The molecule has 4 rings (SSSR count). The molecule has 0 unspecified atom stereocenters. The maximum absolute atomic E-state index is 14.2. The molecule has 0 aliphatic heterocycles. The van der Waals surface area contributed by atoms with Gasteiger partial charge in [-0.25, -0.2) is 9.18 Å². The zero-order valence-corrected chi connectivity index (χ0v) is 14.9. The maximum atomic E-state index is 14.2. The van der Waals surface area contributed by atoms with E-state index in [-0.39, 0.29) is 23.0 Å². The number of hydrogen-bond acceptors (Lipinski definition) is 4. The van der Waals surface area contributed by atoms with Crippen LogP contribution in [0.1, 0.15) is 16.1 Å². The molecule has 0 saturated carbocycles. The third-order valence-electron chi connectivity index (χ3n) is 4.56. The predicted molar refractivity (Wildman–Crippen MR) is 105 cm³/mol. The number of pyridine rings is 3. The molecular formula is C21H14FN3O4. The van der Waals surface area contributed by atoms with Crippen LogP contribution in [-0.4, -0.2) is 25.6 Å². The first kappa shape index (κ1) is 18.3. The maximum Gasteiger partial charge on any atom is 0.341 e. The van der Waals surface area contributed by atoms with E-state index < -0.39 is 22.8 Å². The van der Waals surface area contributed by atoms with Crippen molar-refractivity contribution in [3.05, 3.63) is 98.7 Å². The van der Waals surface area contributed by atoms with E-state index in [0.717, 1.165) is 17.2 Å². The Morgan fingerprint density at radius 3 is 2.55 bits per heavy atom. The van der Waals surface area contributed by atoms with Gasteiger partial charge in [0.05, 0.1) is 23.1 Å². The van der Waals surface area contributed by atoms with E-state index >= 15 is 0 Å². The normalized spacial score (nSPS) is 10.9. The minimum absolute atomic E-state index is 0.145. The molecule has 0 aliphatic carbocycles. The highest BCUT2D eigenvalue weighted by molar-refractivity contribution is 5.92. The highest BCUT2D eigenvalue weighted by Gasteiger charge is 2.17. The highest BCUT2D eigenvalue weighted by atomic mass is 19.1. The Hall–Kier alpha value is -4.07. The van der Waals surface area contributed by atoms with E-state index in [1.807, 2.05) is 0 Å². The lowest BCUT2D eigenvalue weighted by atomic mass is 10.1. The second-order valence-corrected chi connectivity index (χ2v) is 6.42. The molecule has 144 valence electrons. The number of nitrogens with one attached hydrogen (secondary N) is 1. The van der Waals surface area contributed by atoms with Gasteiger partial charge in [-0.15, -0.1) is 0 Å². The molecular weight excluding hydrogens is 377 g/mol. The molecule has 29 heavy (non-hydrogen) atoms. The fourth-order valence-corrected chi connectivity index (χ4v) is 3.13. The highest BCUT2D eigenvalue weighted by Crippen LogP contribution is 2.19. The Morgan fingerprint density at radius 2 is 1.90 bits per heavy atom. The van der Waals surface area contributed by atoms with Crippen LogP contribution in [0.15, 0.2) is 70.6 Å². The molecule has 2 N–H and O–H groups in total. The molecule has 0 saturated heterocycles. The smallest absolute Gasteiger partial charge is 0.341 e. The van der Waals surface area contributed by atoms with E-state index in [0.29, 0.717) is 5.69 Å². The number of aromatic carboxylic acids is 1. The van der Waals surface area contributed by atoms with Crippen molar-refractivity contribution in [1.82, 2.24) is 14.5 Å². The summed E-state index contributed by atoms with van der Waals surface area (Å²) < 4.78 is 15.7. The number of aromatic amines is 1. The first-order chi connectivity index (χ1) is 13.9. The van der Waals surface area contributed by atoms with Crippen molar-refractivity contribution in [2.45, 2.75) is 6.54 Å². The van der Waals surface area contributed by atoms with Gasteiger partial charge in [-0.1, -0.05) is 12.1 Å². The molecule has 3 heterocycles. The van der Waals surface area contributed by atoms with E-state index in [9.17, 15) is 23.9 Å². The van der Waals surface area contributed by atoms with Gasteiger partial charge < -0.3 is 14.7 Å². The van der Waals surface area contributed by atoms with Crippen molar-refractivity contribution in [1.29, 1.82) is 0 Å². The van der Waals surface area contributed by atoms with Gasteiger partial charge in [0.15, 0.2) is 0 Å². The molecule has 0 fully saturated rings. The minimum atomic E-state index is -1.42. The van der Waals surface area contributed by atoms with Crippen LogP contribution < -0.4 is 11.0 Å². The van der Waals surface area contributed by atoms with Crippen molar-refractivity contribution in [2.24, 2.45) is 0 Å². The van der Waals surface area contributed by atoms with Crippen LogP contribution in [-0.2, 0) is 6.54 Å². The van der Waals surface area contributed by atoms with Crippen molar-refractivity contribution in [3.63, 3.8) is 0 Å². The molecule has 0 aliphatic rings. The number of benzene rings is 1. The van der Waals surface area contributed by atoms with Crippen molar-refractivity contribution in [2.75, 3.05) is 0 Å². The van der Waals surface area contributed by atoms with Gasteiger partial charge in [0, 0.05) is 30.2 Å². The molecule has 0 radical (unpaired) electrons. The fraction of sp³-hybridized carbons (Fsp3) is 0.0476. The summed E-state index contributed by atoms with van der Waals surface area (Å²) in [6.07, 6.45) is 4.40. The number of carboxylic acids is 1. The van der Waals surface area contributed by atoms with Crippen molar-refractivity contribution >= 4 is 16.9 Å². The summed E-state index contributed by atoms with van der Waals surface area (Å²) >= 11 is 0. The lowest BCUT2D eigenvalue weighted by Crippen LogP contribution is -2.20. The summed E-state index contributed by atoms with van der Waals surface area (Å²) in [4.78, 5) is 41.9. The molecule has 1 aromatic carbocycles. The van der Waals surface area contributed by atoms with Crippen LogP contribution in [0.4, 0.5) is 4.39 Å². The number of carbonyl (C=O) groups is 1. The van der Waals surface area contributed by atoms with Gasteiger partial charge in [0.1, 0.15) is 11.4 Å². The zero-order chi connectivity index (χ0) is 20.5. The van der Waals surface area contributed by atoms with Crippen LogP contribution in [0.5, 0.6) is 0 Å². The van der Waals surface area contributed by atoms with Gasteiger partial charge in [-0.05, 0) is 29.8 Å². The third kappa shape index (κ3) is 3.43. The topological polar surface area (TPSA) is 105 Å². The Kier molecular flexibility index (Phi) is 4.52. The summed E-state index contributed by atoms with van der Waals surface area (Å²) in [7, 11) is 0. The molecule has 4 aromatic rings. The van der Waals surface area contributed by atoms with Gasteiger partial charge in [0.25, 0.3) is 0 Å². The van der Waals surface area contributed by atoms with Crippen LogP contribution in [0, 0.1) is 5.82 Å². The summed E-state index contributed by atoms with van der Waals surface area (Å²) in [6, 6.07) is 10.8. The van der Waals surface area contributed by atoms with Gasteiger partial charge in [-0.2, -0.15) is 0 Å². The summed E-state index contributed by atoms with van der Waals surface area (Å²) in [6.45, 7) is 0.145. The lowest BCUT2D eigenvalue weighted by Gasteiger charge is -2.13. The Labute approximate surface area is 162 Å². The Morgan fingerprint density at radius 1 is 1.10 bits per heavy atom. The number of aromatic nitrogens is 3. The van der Waals surface area contributed by atoms with E-state index in [2.05, 4.69) is 9.97 Å². The summed E-state index contributed by atoms with van der Waals surface area (Å²) in [5, 5.41) is 9.05. The molecule has 3 aromatic heterocycles. The monoisotopic (exact) mass is 391 g/mol. The Bertz CT molecular complexity index is 1340. The SMILES string of the molecule is O=C(O)c1cn(Cc2ccc(-c3ccc(=O)[nH]c3)cn2)c2cccc(F)c2c1=O. The van der Waals surface area contributed by atoms with E-state index in [1.165, 1.54) is 22.9 Å². The number of carboxylic acid groups (broad SMARTS) is 1. The summed E-state index contributed by atoms with van der Waals surface area (Å²) in [5.74, 6) is -2.19. The van der Waals surface area contributed by atoms with Crippen LogP contribution in [0.25, 0.3) is 22.0 Å². The average molecular weight is 391 g/mol. The quantitative estimate of drug-likeness (QED) is 0.556. The average Bonchev–Trinajstić information content (AvgIpc) is 2.71. The number of H-pyrrole nitrogens is 1. The number of nitrogens with zero attached hydrogens (tertiary/aromatic N) is 2. The molecule has 0 bridgehead atoms. The number of hydrogen-bond donors (Lipinski definition) is 2. The van der Waals surface area contributed by atoms with E-state index in [1.54, 1.807) is 36.7 Å². The van der Waals surface area contributed by atoms with Crippen LogP contribution in [0.2, 0.25) is 0 Å². The van der Waals surface area contributed by atoms with Gasteiger partial charge in [-0.3, -0.25) is 14.6 Å². The molecule has 7 nitrogen and oxygen atoms in total. The zero-order valence-electron chi connectivity index (χ0n) is 14.9. The largest absolute Gasteiger partial charge is 0.477 e. The van der Waals surface area contributed by atoms with Crippen LogP contribution >= 0.6 is 0 Å². The predicted octanol–water partition coefficient (Wildman–Crippen LogP) is 2.64. The van der Waals surface area contributed by atoms with Gasteiger partial charge in [0.2, 0.25) is 11.0 Å². The van der Waals surface area contributed by atoms with Gasteiger partial charge >= 0.3 is 5.97 Å². The number of fused-ring (bicyclic) bond motifs is 1. The number of rotatable bonds is 4. The van der Waals surface area contributed by atoms with Crippen LogP contribution in [0.3, 0.4) is 0 Å². The fourth-order valence-electron chi connectivity index (χ4n) is 3.13. The molecule has 0 amide bonds. The molecule has 0 atom stereocenters. The standard InChI is InChI=1S/C21H14FN3O4/c22-16-2-1-3-17-19(16)20(27)15(21(28)29)11-25(17)10-14-6-4-12(8-23-14)13-5-7-18(26)24-9-13/h1-9,11H,10H2,(H,24,26)(H,28,29). The first-order valence-corrected chi connectivity index (χ1v) is 8.63. The molecule has 8 heteroatoms. The molecule has 0 spiro atoms. The minimum Gasteiger partial charge on any atom is -0.477 e. The summed E-state index contributed by atoms with van der Waals surface area (Å²) in [5.41, 5.74) is 0.871. The number of halogens is 1. The third-order valence-corrected chi connectivity index (χ3v) is 4.56. The van der Waals surface area contributed by atoms with Crippen molar-refractivity contribution in [3.8, 4) is 11.1 Å². The second-order valence-electron chi connectivity index (χ2n) is 6.42.